The Bertz CT molecular complexity index is 1580. The second-order valence-corrected chi connectivity index (χ2v) is 11.8. The molecule has 0 amide bonds. The number of nitrogens with one attached hydrogen (secondary N) is 1. The molecule has 0 aliphatic carbocycles. The van der Waals surface area contributed by atoms with Crippen molar-refractivity contribution in [1.29, 1.82) is 15.8 Å². The minimum absolute atomic E-state index is 0.00372. The molecule has 0 aromatic heterocycles. The quantitative estimate of drug-likeness (QED) is 0.138. The van der Waals surface area contributed by atoms with Crippen molar-refractivity contribution >= 4 is 22.6 Å². The second-order valence-electron chi connectivity index (χ2n) is 11.0. The number of alkyl halides is 1. The first-order valence-corrected chi connectivity index (χ1v) is 15.2. The van der Waals surface area contributed by atoms with Gasteiger partial charge < -0.3 is 5.32 Å². The molecule has 204 valence electrons. The largest absolute Gasteiger partial charge is 0.305 e. The third kappa shape index (κ3) is 7.42. The van der Waals surface area contributed by atoms with Crippen LogP contribution in [0.1, 0.15) is 66.1 Å². The standard InChI is InChI=1S/C36H33IN4/c1-25(34(33-6-4-5-29(19-33)23-39)20-26-7-9-27(21-37)10-8-26)41-35(36(2,3)24-40)32-17-15-31(16-18-32)30-13-11-28(22-38)12-14-30/h4-19,25,34-35,41H,20-21H2,1-3H3/t25-,34+,35?/m0/s1. The molecule has 3 atom stereocenters. The molecule has 4 aromatic carbocycles. The van der Waals surface area contributed by atoms with Gasteiger partial charge in [0.25, 0.3) is 0 Å². The highest BCUT2D eigenvalue weighted by atomic mass is 127. The van der Waals surface area contributed by atoms with E-state index in [4.69, 9.17) is 5.26 Å². The minimum Gasteiger partial charge on any atom is -0.305 e. The summed E-state index contributed by atoms with van der Waals surface area (Å²) < 4.78 is 0.971. The van der Waals surface area contributed by atoms with Crippen molar-refractivity contribution in [3.63, 3.8) is 0 Å². The normalized spacial score (nSPS) is 13.3. The molecule has 0 saturated heterocycles. The van der Waals surface area contributed by atoms with Crippen molar-refractivity contribution in [3.8, 4) is 29.3 Å². The summed E-state index contributed by atoms with van der Waals surface area (Å²) in [5.41, 5.74) is 7.38. The maximum Gasteiger partial charge on any atom is 0.0991 e. The van der Waals surface area contributed by atoms with Crippen LogP contribution in [0.2, 0.25) is 0 Å². The lowest BCUT2D eigenvalue weighted by molar-refractivity contribution is 0.281. The average molecular weight is 649 g/mol. The molecule has 1 unspecified atom stereocenters. The lowest BCUT2D eigenvalue weighted by atomic mass is 9.79. The van der Waals surface area contributed by atoms with Gasteiger partial charge in [-0.2, -0.15) is 15.8 Å². The third-order valence-electron chi connectivity index (χ3n) is 7.71. The van der Waals surface area contributed by atoms with Crippen LogP contribution < -0.4 is 5.32 Å². The Morgan fingerprint density at radius 2 is 1.32 bits per heavy atom. The number of hydrogen-bond donors (Lipinski definition) is 1. The third-order valence-corrected chi connectivity index (χ3v) is 8.59. The van der Waals surface area contributed by atoms with E-state index in [1.54, 1.807) is 0 Å². The summed E-state index contributed by atoms with van der Waals surface area (Å²) >= 11 is 2.38. The van der Waals surface area contributed by atoms with E-state index < -0.39 is 5.41 Å². The average Bonchev–Trinajstić information content (AvgIpc) is 3.02. The van der Waals surface area contributed by atoms with E-state index in [2.05, 4.69) is 108 Å². The first-order chi connectivity index (χ1) is 19.8. The van der Waals surface area contributed by atoms with Crippen LogP contribution in [0.15, 0.2) is 97.1 Å². The highest BCUT2D eigenvalue weighted by Crippen LogP contribution is 2.36. The monoisotopic (exact) mass is 648 g/mol. The van der Waals surface area contributed by atoms with Gasteiger partial charge in [-0.15, -0.1) is 0 Å². The number of benzene rings is 4. The predicted molar refractivity (Wildman–Crippen MR) is 173 cm³/mol. The van der Waals surface area contributed by atoms with Crippen LogP contribution in [0.4, 0.5) is 0 Å². The number of nitrogens with zero attached hydrogens (tertiary/aromatic N) is 3. The van der Waals surface area contributed by atoms with Crippen LogP contribution >= 0.6 is 22.6 Å². The molecule has 4 rings (SSSR count). The van der Waals surface area contributed by atoms with Crippen LogP contribution in [-0.2, 0) is 10.8 Å². The smallest absolute Gasteiger partial charge is 0.0991 e. The topological polar surface area (TPSA) is 83.4 Å². The van der Waals surface area contributed by atoms with Crippen LogP contribution in [0.3, 0.4) is 0 Å². The fourth-order valence-electron chi connectivity index (χ4n) is 5.21. The van der Waals surface area contributed by atoms with E-state index >= 15 is 0 Å². The fraction of sp³-hybridized carbons (Fsp3) is 0.250. The molecule has 41 heavy (non-hydrogen) atoms. The van der Waals surface area contributed by atoms with Crippen molar-refractivity contribution in [3.05, 3.63) is 130 Å². The van der Waals surface area contributed by atoms with E-state index in [9.17, 15) is 10.5 Å². The summed E-state index contributed by atoms with van der Waals surface area (Å²) in [6.07, 6.45) is 0.807. The highest BCUT2D eigenvalue weighted by Gasteiger charge is 2.34. The van der Waals surface area contributed by atoms with Gasteiger partial charge in [-0.1, -0.05) is 95.4 Å². The highest BCUT2D eigenvalue weighted by molar-refractivity contribution is 14.1. The van der Waals surface area contributed by atoms with E-state index in [-0.39, 0.29) is 18.0 Å². The lowest BCUT2D eigenvalue weighted by Gasteiger charge is -2.36. The summed E-state index contributed by atoms with van der Waals surface area (Å²) in [7, 11) is 0. The Labute approximate surface area is 257 Å². The van der Waals surface area contributed by atoms with Gasteiger partial charge in [-0.05, 0) is 84.8 Å². The molecular formula is C36H33IN4. The molecule has 4 aromatic rings. The van der Waals surface area contributed by atoms with Gasteiger partial charge in [0.05, 0.1) is 40.8 Å². The number of halogens is 1. The summed E-state index contributed by atoms with van der Waals surface area (Å²) in [6, 6.07) is 39.3. The maximum atomic E-state index is 10.2. The molecule has 0 aliphatic heterocycles. The molecule has 0 heterocycles. The van der Waals surface area contributed by atoms with Gasteiger partial charge in [-0.25, -0.2) is 0 Å². The van der Waals surface area contributed by atoms with Crippen LogP contribution in [-0.4, -0.2) is 6.04 Å². The van der Waals surface area contributed by atoms with Crippen LogP contribution in [0.25, 0.3) is 11.1 Å². The van der Waals surface area contributed by atoms with E-state index in [0.717, 1.165) is 33.1 Å². The van der Waals surface area contributed by atoms with E-state index in [1.807, 2.05) is 56.3 Å². The summed E-state index contributed by atoms with van der Waals surface area (Å²) in [4.78, 5) is 0. The summed E-state index contributed by atoms with van der Waals surface area (Å²) in [5, 5.41) is 32.7. The van der Waals surface area contributed by atoms with Crippen molar-refractivity contribution in [1.82, 2.24) is 5.32 Å². The number of rotatable bonds is 10. The Morgan fingerprint density at radius 1 is 0.732 bits per heavy atom. The van der Waals surface area contributed by atoms with E-state index in [0.29, 0.717) is 11.1 Å². The number of nitriles is 3. The molecule has 0 bridgehead atoms. The first-order valence-electron chi connectivity index (χ1n) is 13.7. The Kier molecular flexibility index (Phi) is 9.95. The Balaban J connectivity index is 1.66. The van der Waals surface area contributed by atoms with Crippen molar-refractivity contribution in [2.45, 2.75) is 49.6 Å². The summed E-state index contributed by atoms with van der Waals surface area (Å²) in [5.74, 6) is 0.0867. The zero-order chi connectivity index (χ0) is 29.4. The molecule has 0 radical (unpaired) electrons. The zero-order valence-corrected chi connectivity index (χ0v) is 25.8. The van der Waals surface area contributed by atoms with Crippen LogP contribution in [0.5, 0.6) is 0 Å². The Hall–Kier alpha value is -3.96. The van der Waals surface area contributed by atoms with E-state index in [1.165, 1.54) is 11.1 Å². The SMILES string of the molecule is C[C@H](NC(c1ccc(-c2ccc(C#N)cc2)cc1)C(C)(C)C#N)[C@@H](Cc1ccc(CI)cc1)c1cccc(C#N)c1. The molecule has 4 nitrogen and oxygen atoms in total. The molecule has 0 aliphatic rings. The molecule has 5 heteroatoms. The molecule has 0 spiro atoms. The molecular weight excluding hydrogens is 615 g/mol. The number of hydrogen-bond acceptors (Lipinski definition) is 4. The van der Waals surface area contributed by atoms with Gasteiger partial charge in [0.1, 0.15) is 0 Å². The molecule has 1 N–H and O–H groups in total. The lowest BCUT2D eigenvalue weighted by Crippen LogP contribution is -2.42. The minimum atomic E-state index is -0.675. The predicted octanol–water partition coefficient (Wildman–Crippen LogP) is 8.63. The molecule has 0 fully saturated rings. The van der Waals surface area contributed by atoms with Gasteiger partial charge in [-0.3, -0.25) is 0 Å². The second kappa shape index (κ2) is 13.6. The first kappa shape index (κ1) is 30.0. The van der Waals surface area contributed by atoms with Crippen molar-refractivity contribution < 1.29 is 0 Å². The van der Waals surface area contributed by atoms with Gasteiger partial charge >= 0.3 is 0 Å². The fourth-order valence-corrected chi connectivity index (χ4v) is 5.72. The van der Waals surface area contributed by atoms with Gasteiger partial charge in [0.2, 0.25) is 0 Å². The van der Waals surface area contributed by atoms with Gasteiger partial charge in [0, 0.05) is 16.4 Å². The van der Waals surface area contributed by atoms with Crippen molar-refractivity contribution in [2.24, 2.45) is 5.41 Å². The zero-order valence-electron chi connectivity index (χ0n) is 23.6. The Morgan fingerprint density at radius 3 is 1.88 bits per heavy atom. The molecule has 0 saturated carbocycles. The summed E-state index contributed by atoms with van der Waals surface area (Å²) in [6.45, 7) is 6.12. The van der Waals surface area contributed by atoms with Gasteiger partial charge in [0.15, 0.2) is 0 Å². The van der Waals surface area contributed by atoms with Crippen molar-refractivity contribution in [2.75, 3.05) is 0 Å². The van der Waals surface area contributed by atoms with Crippen LogP contribution in [0, 0.1) is 39.4 Å². The maximum absolute atomic E-state index is 10.2.